The highest BCUT2D eigenvalue weighted by molar-refractivity contribution is 5.78. The number of amides is 1. The molecule has 0 aromatic heterocycles. The summed E-state index contributed by atoms with van der Waals surface area (Å²) in [6.45, 7) is 5.39. The second-order valence-corrected chi connectivity index (χ2v) is 6.75. The fraction of sp³-hybridized carbons (Fsp3) is 0.938. The highest BCUT2D eigenvalue weighted by Crippen LogP contribution is 2.21. The lowest BCUT2D eigenvalue weighted by atomic mass is 9.94. The predicted octanol–water partition coefficient (Wildman–Crippen LogP) is 0.897. The first-order valence-corrected chi connectivity index (χ1v) is 8.25. The summed E-state index contributed by atoms with van der Waals surface area (Å²) in [6.07, 6.45) is 4.58. The molecule has 0 radical (unpaired) electrons. The van der Waals surface area contributed by atoms with Gasteiger partial charge in [-0.2, -0.15) is 0 Å². The van der Waals surface area contributed by atoms with Crippen molar-refractivity contribution in [2.75, 3.05) is 60.5 Å². The molecule has 5 nitrogen and oxygen atoms in total. The maximum atomic E-state index is 12.4. The molecule has 1 atom stereocenters. The van der Waals surface area contributed by atoms with Crippen molar-refractivity contribution in [2.45, 2.75) is 31.7 Å². The molecule has 0 aromatic carbocycles. The Balaban J connectivity index is 1.68. The third-order valence-electron chi connectivity index (χ3n) is 5.03. The van der Waals surface area contributed by atoms with Crippen LogP contribution < -0.4 is 0 Å². The molecule has 0 aromatic rings. The molecule has 2 fully saturated rings. The minimum Gasteiger partial charge on any atom is -0.385 e. The number of carbonyl (C=O) groups is 1. The highest BCUT2D eigenvalue weighted by Gasteiger charge is 2.28. The molecule has 2 aliphatic heterocycles. The van der Waals surface area contributed by atoms with Crippen molar-refractivity contribution in [3.8, 4) is 0 Å². The molecule has 122 valence electrons. The van der Waals surface area contributed by atoms with E-state index in [2.05, 4.69) is 28.8 Å². The molecule has 0 bridgehead atoms. The van der Waals surface area contributed by atoms with Crippen LogP contribution in [0.25, 0.3) is 0 Å². The standard InChI is InChI=1S/C16H31N3O2/c1-17(2)15-6-8-18(12-15)13-16(20)19-9-4-14(5-10-19)7-11-21-3/h14-15H,4-13H2,1-3H3. The topological polar surface area (TPSA) is 36.0 Å². The lowest BCUT2D eigenvalue weighted by molar-refractivity contribution is -0.133. The Morgan fingerprint density at radius 3 is 2.48 bits per heavy atom. The smallest absolute Gasteiger partial charge is 0.236 e. The maximum absolute atomic E-state index is 12.4. The van der Waals surface area contributed by atoms with E-state index in [1.54, 1.807) is 7.11 Å². The van der Waals surface area contributed by atoms with Crippen LogP contribution in [0.15, 0.2) is 0 Å². The van der Waals surface area contributed by atoms with Crippen molar-refractivity contribution in [1.82, 2.24) is 14.7 Å². The Kier molecular flexibility index (Phi) is 6.45. The van der Waals surface area contributed by atoms with E-state index in [1.807, 2.05) is 0 Å². The molecule has 5 heteroatoms. The van der Waals surface area contributed by atoms with E-state index < -0.39 is 0 Å². The molecule has 0 N–H and O–H groups in total. The Bertz CT molecular complexity index is 327. The minimum absolute atomic E-state index is 0.319. The van der Waals surface area contributed by atoms with Crippen LogP contribution in [-0.4, -0.2) is 87.2 Å². The van der Waals surface area contributed by atoms with Gasteiger partial charge in [0.1, 0.15) is 0 Å². The van der Waals surface area contributed by atoms with Gasteiger partial charge in [0.15, 0.2) is 0 Å². The van der Waals surface area contributed by atoms with Crippen LogP contribution in [-0.2, 0) is 9.53 Å². The number of carbonyl (C=O) groups excluding carboxylic acids is 1. The number of nitrogens with zero attached hydrogens (tertiary/aromatic N) is 3. The van der Waals surface area contributed by atoms with E-state index >= 15 is 0 Å². The number of likely N-dealkylation sites (N-methyl/N-ethyl adjacent to an activating group) is 1. The quantitative estimate of drug-likeness (QED) is 0.730. The first-order chi connectivity index (χ1) is 10.1. The molecule has 1 amide bonds. The number of hydrogen-bond donors (Lipinski definition) is 0. The third-order valence-corrected chi connectivity index (χ3v) is 5.03. The van der Waals surface area contributed by atoms with Gasteiger partial charge in [0.05, 0.1) is 6.54 Å². The van der Waals surface area contributed by atoms with Crippen molar-refractivity contribution < 1.29 is 9.53 Å². The van der Waals surface area contributed by atoms with Crippen molar-refractivity contribution in [3.05, 3.63) is 0 Å². The molecule has 2 saturated heterocycles. The molecular formula is C16H31N3O2. The average Bonchev–Trinajstić information content (AvgIpc) is 2.94. The molecule has 0 spiro atoms. The summed E-state index contributed by atoms with van der Waals surface area (Å²) in [5.74, 6) is 1.05. The summed E-state index contributed by atoms with van der Waals surface area (Å²) in [6, 6.07) is 0.609. The number of rotatable bonds is 6. The van der Waals surface area contributed by atoms with Gasteiger partial charge >= 0.3 is 0 Å². The number of piperidine rings is 1. The maximum Gasteiger partial charge on any atom is 0.236 e. The third kappa shape index (κ3) is 4.94. The van der Waals surface area contributed by atoms with Gasteiger partial charge in [0.25, 0.3) is 0 Å². The first kappa shape index (κ1) is 16.7. The van der Waals surface area contributed by atoms with Gasteiger partial charge in [-0.1, -0.05) is 0 Å². The summed E-state index contributed by atoms with van der Waals surface area (Å²) in [4.78, 5) is 19.0. The summed E-state index contributed by atoms with van der Waals surface area (Å²) >= 11 is 0. The van der Waals surface area contributed by atoms with Gasteiger partial charge in [-0.25, -0.2) is 0 Å². The Labute approximate surface area is 129 Å². The van der Waals surface area contributed by atoms with Gasteiger partial charge in [-0.15, -0.1) is 0 Å². The number of hydrogen-bond acceptors (Lipinski definition) is 4. The lowest BCUT2D eigenvalue weighted by Crippen LogP contribution is -2.44. The number of ether oxygens (including phenoxy) is 1. The van der Waals surface area contributed by atoms with Gasteiger partial charge in [0.2, 0.25) is 5.91 Å². The zero-order valence-electron chi connectivity index (χ0n) is 13.9. The molecule has 2 aliphatic rings. The summed E-state index contributed by atoms with van der Waals surface area (Å²) in [5, 5.41) is 0. The van der Waals surface area contributed by atoms with Crippen molar-refractivity contribution >= 4 is 5.91 Å². The Hall–Kier alpha value is -0.650. The van der Waals surface area contributed by atoms with E-state index in [4.69, 9.17) is 4.74 Å². The van der Waals surface area contributed by atoms with Gasteiger partial charge in [0, 0.05) is 45.9 Å². The summed E-state index contributed by atoms with van der Waals surface area (Å²) in [7, 11) is 6.01. The van der Waals surface area contributed by atoms with Crippen LogP contribution in [0.2, 0.25) is 0 Å². The van der Waals surface area contributed by atoms with Crippen LogP contribution >= 0.6 is 0 Å². The normalized spacial score (nSPS) is 25.0. The fourth-order valence-corrected chi connectivity index (χ4v) is 3.42. The summed E-state index contributed by atoms with van der Waals surface area (Å²) < 4.78 is 5.15. The summed E-state index contributed by atoms with van der Waals surface area (Å²) in [5.41, 5.74) is 0. The van der Waals surface area contributed by atoms with Gasteiger partial charge in [-0.3, -0.25) is 9.69 Å². The van der Waals surface area contributed by atoms with Crippen LogP contribution in [0, 0.1) is 5.92 Å². The molecule has 2 heterocycles. The van der Waals surface area contributed by atoms with Crippen LogP contribution in [0.1, 0.15) is 25.7 Å². The lowest BCUT2D eigenvalue weighted by Gasteiger charge is -2.33. The van der Waals surface area contributed by atoms with Crippen LogP contribution in [0.4, 0.5) is 0 Å². The Morgan fingerprint density at radius 2 is 1.90 bits per heavy atom. The number of methoxy groups -OCH3 is 1. The molecular weight excluding hydrogens is 266 g/mol. The van der Waals surface area contributed by atoms with Crippen molar-refractivity contribution in [3.63, 3.8) is 0 Å². The zero-order chi connectivity index (χ0) is 15.2. The fourth-order valence-electron chi connectivity index (χ4n) is 3.42. The zero-order valence-corrected chi connectivity index (χ0v) is 13.9. The van der Waals surface area contributed by atoms with E-state index in [1.165, 1.54) is 6.42 Å². The van der Waals surface area contributed by atoms with Gasteiger partial charge in [-0.05, 0) is 45.7 Å². The van der Waals surface area contributed by atoms with E-state index in [0.717, 1.165) is 58.0 Å². The largest absolute Gasteiger partial charge is 0.385 e. The van der Waals surface area contributed by atoms with E-state index in [0.29, 0.717) is 18.5 Å². The van der Waals surface area contributed by atoms with E-state index in [-0.39, 0.29) is 0 Å². The second-order valence-electron chi connectivity index (χ2n) is 6.75. The monoisotopic (exact) mass is 297 g/mol. The molecule has 21 heavy (non-hydrogen) atoms. The SMILES string of the molecule is COCCC1CCN(C(=O)CN2CCC(N(C)C)C2)CC1. The van der Waals surface area contributed by atoms with Gasteiger partial charge < -0.3 is 14.5 Å². The van der Waals surface area contributed by atoms with Crippen LogP contribution in [0.3, 0.4) is 0 Å². The predicted molar refractivity (Wildman–Crippen MR) is 84.3 cm³/mol. The Morgan fingerprint density at radius 1 is 1.19 bits per heavy atom. The average molecular weight is 297 g/mol. The van der Waals surface area contributed by atoms with Crippen LogP contribution in [0.5, 0.6) is 0 Å². The van der Waals surface area contributed by atoms with Crippen molar-refractivity contribution in [2.24, 2.45) is 5.92 Å². The van der Waals surface area contributed by atoms with Crippen molar-refractivity contribution in [1.29, 1.82) is 0 Å². The first-order valence-electron chi connectivity index (χ1n) is 8.25. The molecule has 2 rings (SSSR count). The molecule has 0 aliphatic carbocycles. The second kappa shape index (κ2) is 8.11. The molecule has 0 saturated carbocycles. The minimum atomic E-state index is 0.319. The number of likely N-dealkylation sites (tertiary alicyclic amines) is 2. The highest BCUT2D eigenvalue weighted by atomic mass is 16.5. The molecule has 1 unspecified atom stereocenters. The van der Waals surface area contributed by atoms with E-state index in [9.17, 15) is 4.79 Å².